The summed E-state index contributed by atoms with van der Waals surface area (Å²) in [6.07, 6.45) is 1.10. The van der Waals surface area contributed by atoms with Gasteiger partial charge in [-0.15, -0.1) is 0 Å². The molecule has 2 heteroatoms. The molecule has 0 amide bonds. The molecule has 0 bridgehead atoms. The van der Waals surface area contributed by atoms with E-state index in [1.807, 2.05) is 0 Å². The van der Waals surface area contributed by atoms with Gasteiger partial charge in [0.1, 0.15) is 0 Å². The van der Waals surface area contributed by atoms with E-state index >= 15 is 0 Å². The first-order valence-corrected chi connectivity index (χ1v) is 4.42. The Bertz CT molecular complexity index is 270. The molecule has 64 valence electrons. The van der Waals surface area contributed by atoms with Crippen LogP contribution in [0.5, 0.6) is 0 Å². The molecule has 0 aromatic heterocycles. The van der Waals surface area contributed by atoms with E-state index in [1.165, 1.54) is 11.1 Å². The zero-order valence-corrected chi connectivity index (χ0v) is 7.09. The van der Waals surface area contributed by atoms with E-state index in [4.69, 9.17) is 5.73 Å². The van der Waals surface area contributed by atoms with Crippen molar-refractivity contribution >= 4 is 0 Å². The first kappa shape index (κ1) is 7.77. The van der Waals surface area contributed by atoms with Gasteiger partial charge < -0.3 is 11.1 Å². The standard InChI is InChI=1S/C10H14N2/c11-10-7-12-6-5-8-3-1-2-4-9(8)10/h1-4,10,12H,5-7,11H2. The summed E-state index contributed by atoms with van der Waals surface area (Å²) >= 11 is 0. The maximum Gasteiger partial charge on any atom is 0.0424 e. The predicted molar refractivity (Wildman–Crippen MR) is 49.9 cm³/mol. The van der Waals surface area contributed by atoms with Crippen LogP contribution >= 0.6 is 0 Å². The van der Waals surface area contributed by atoms with Crippen LogP contribution in [0.1, 0.15) is 17.2 Å². The van der Waals surface area contributed by atoms with Crippen LogP contribution in [-0.4, -0.2) is 13.1 Å². The van der Waals surface area contributed by atoms with Crippen LogP contribution in [0.3, 0.4) is 0 Å². The Labute approximate surface area is 72.8 Å². The molecule has 3 N–H and O–H groups in total. The topological polar surface area (TPSA) is 38.0 Å². The highest BCUT2D eigenvalue weighted by Gasteiger charge is 2.12. The Morgan fingerprint density at radius 2 is 2.17 bits per heavy atom. The third-order valence-corrected chi connectivity index (χ3v) is 2.39. The van der Waals surface area contributed by atoms with Gasteiger partial charge in [0.15, 0.2) is 0 Å². The average molecular weight is 162 g/mol. The summed E-state index contributed by atoms with van der Waals surface area (Å²) in [4.78, 5) is 0. The van der Waals surface area contributed by atoms with E-state index in [0.717, 1.165) is 19.5 Å². The molecule has 1 unspecified atom stereocenters. The van der Waals surface area contributed by atoms with Crippen molar-refractivity contribution in [1.82, 2.24) is 5.32 Å². The summed E-state index contributed by atoms with van der Waals surface area (Å²) in [6.45, 7) is 1.95. The van der Waals surface area contributed by atoms with Gasteiger partial charge >= 0.3 is 0 Å². The van der Waals surface area contributed by atoms with Gasteiger partial charge in [0.05, 0.1) is 0 Å². The SMILES string of the molecule is NC1CNCCc2ccccc21. The summed E-state index contributed by atoms with van der Waals surface area (Å²) < 4.78 is 0. The second kappa shape index (κ2) is 3.25. The lowest BCUT2D eigenvalue weighted by atomic mass is 10.0. The van der Waals surface area contributed by atoms with E-state index in [2.05, 4.69) is 29.6 Å². The normalized spacial score (nSPS) is 22.9. The van der Waals surface area contributed by atoms with Gasteiger partial charge in [0, 0.05) is 12.6 Å². The lowest BCUT2D eigenvalue weighted by molar-refractivity contribution is 0.626. The number of hydrogen-bond acceptors (Lipinski definition) is 2. The lowest BCUT2D eigenvalue weighted by Crippen LogP contribution is -2.25. The molecule has 1 aromatic rings. The molecule has 0 fully saturated rings. The van der Waals surface area contributed by atoms with Crippen molar-refractivity contribution in [2.45, 2.75) is 12.5 Å². The first-order chi connectivity index (χ1) is 5.88. The Morgan fingerprint density at radius 3 is 3.08 bits per heavy atom. The fourth-order valence-corrected chi connectivity index (χ4v) is 1.71. The Kier molecular flexibility index (Phi) is 2.11. The molecule has 0 radical (unpaired) electrons. The molecule has 0 spiro atoms. The zero-order valence-electron chi connectivity index (χ0n) is 7.09. The predicted octanol–water partition coefficient (Wildman–Crippen LogP) is 0.832. The Morgan fingerprint density at radius 1 is 1.33 bits per heavy atom. The van der Waals surface area contributed by atoms with Crippen LogP contribution in [0.2, 0.25) is 0 Å². The number of fused-ring (bicyclic) bond motifs is 1. The quantitative estimate of drug-likeness (QED) is 0.593. The van der Waals surface area contributed by atoms with E-state index in [1.54, 1.807) is 0 Å². The molecule has 0 saturated heterocycles. The van der Waals surface area contributed by atoms with Gasteiger partial charge in [-0.05, 0) is 24.1 Å². The summed E-state index contributed by atoms with van der Waals surface area (Å²) in [7, 11) is 0. The summed E-state index contributed by atoms with van der Waals surface area (Å²) in [5.74, 6) is 0. The molecule has 1 aromatic carbocycles. The van der Waals surface area contributed by atoms with Crippen molar-refractivity contribution < 1.29 is 0 Å². The van der Waals surface area contributed by atoms with Gasteiger partial charge in [-0.2, -0.15) is 0 Å². The van der Waals surface area contributed by atoms with Gasteiger partial charge in [-0.3, -0.25) is 0 Å². The third-order valence-electron chi connectivity index (χ3n) is 2.39. The maximum absolute atomic E-state index is 5.98. The van der Waals surface area contributed by atoms with Crippen molar-refractivity contribution in [3.05, 3.63) is 35.4 Å². The van der Waals surface area contributed by atoms with Crippen LogP contribution < -0.4 is 11.1 Å². The average Bonchev–Trinajstić information content (AvgIpc) is 2.29. The molecule has 1 aliphatic rings. The number of benzene rings is 1. The second-order valence-electron chi connectivity index (χ2n) is 3.26. The van der Waals surface area contributed by atoms with Crippen LogP contribution in [0.15, 0.2) is 24.3 Å². The number of nitrogens with two attached hydrogens (primary N) is 1. The minimum Gasteiger partial charge on any atom is -0.323 e. The van der Waals surface area contributed by atoms with Gasteiger partial charge in [-0.1, -0.05) is 24.3 Å². The molecular weight excluding hydrogens is 148 g/mol. The maximum atomic E-state index is 5.98. The number of nitrogens with one attached hydrogen (secondary N) is 1. The summed E-state index contributed by atoms with van der Waals surface area (Å²) in [5.41, 5.74) is 8.69. The Balaban J connectivity index is 2.39. The van der Waals surface area contributed by atoms with Crippen LogP contribution in [0.4, 0.5) is 0 Å². The van der Waals surface area contributed by atoms with Gasteiger partial charge in [-0.25, -0.2) is 0 Å². The number of rotatable bonds is 0. The minimum atomic E-state index is 0.170. The highest BCUT2D eigenvalue weighted by molar-refractivity contribution is 5.31. The lowest BCUT2D eigenvalue weighted by Gasteiger charge is -2.10. The minimum absolute atomic E-state index is 0.170. The van der Waals surface area contributed by atoms with Crippen LogP contribution in [-0.2, 0) is 6.42 Å². The molecule has 0 saturated carbocycles. The van der Waals surface area contributed by atoms with Crippen LogP contribution in [0.25, 0.3) is 0 Å². The van der Waals surface area contributed by atoms with E-state index in [0.29, 0.717) is 0 Å². The third kappa shape index (κ3) is 1.36. The summed E-state index contributed by atoms with van der Waals surface area (Å²) in [5, 5.41) is 3.32. The molecule has 2 rings (SSSR count). The monoisotopic (exact) mass is 162 g/mol. The van der Waals surface area contributed by atoms with Crippen molar-refractivity contribution in [2.24, 2.45) is 5.73 Å². The van der Waals surface area contributed by atoms with Crippen molar-refractivity contribution in [3.63, 3.8) is 0 Å². The van der Waals surface area contributed by atoms with E-state index in [9.17, 15) is 0 Å². The molecule has 12 heavy (non-hydrogen) atoms. The van der Waals surface area contributed by atoms with E-state index in [-0.39, 0.29) is 6.04 Å². The van der Waals surface area contributed by atoms with Crippen molar-refractivity contribution in [2.75, 3.05) is 13.1 Å². The first-order valence-electron chi connectivity index (χ1n) is 4.42. The molecule has 0 aliphatic carbocycles. The molecule has 2 nitrogen and oxygen atoms in total. The molecule has 1 heterocycles. The zero-order chi connectivity index (χ0) is 8.39. The molecular formula is C10H14N2. The fraction of sp³-hybridized carbons (Fsp3) is 0.400. The van der Waals surface area contributed by atoms with E-state index < -0.39 is 0 Å². The molecule has 1 atom stereocenters. The van der Waals surface area contributed by atoms with Crippen molar-refractivity contribution in [3.8, 4) is 0 Å². The molecule has 1 aliphatic heterocycles. The van der Waals surface area contributed by atoms with Crippen molar-refractivity contribution in [1.29, 1.82) is 0 Å². The van der Waals surface area contributed by atoms with Crippen LogP contribution in [0, 0.1) is 0 Å². The fourth-order valence-electron chi connectivity index (χ4n) is 1.71. The Hall–Kier alpha value is -0.860. The highest BCUT2D eigenvalue weighted by atomic mass is 14.9. The van der Waals surface area contributed by atoms with Gasteiger partial charge in [0.25, 0.3) is 0 Å². The van der Waals surface area contributed by atoms with Gasteiger partial charge in [0.2, 0.25) is 0 Å². The summed E-state index contributed by atoms with van der Waals surface area (Å²) in [6, 6.07) is 8.61. The second-order valence-corrected chi connectivity index (χ2v) is 3.26. The highest BCUT2D eigenvalue weighted by Crippen LogP contribution is 2.17. The largest absolute Gasteiger partial charge is 0.323 e. The smallest absolute Gasteiger partial charge is 0.0424 e. The number of hydrogen-bond donors (Lipinski definition) is 2.